The molecule has 1 aromatic heterocycles. The summed E-state index contributed by atoms with van der Waals surface area (Å²) in [5.74, 6) is -0.132. The third kappa shape index (κ3) is 2.13. The molecule has 0 aliphatic carbocycles. The summed E-state index contributed by atoms with van der Waals surface area (Å²) >= 11 is 0. The number of fused-ring (bicyclic) bond motifs is 1. The Kier molecular flexibility index (Phi) is 3.05. The molecule has 2 N–H and O–H groups in total. The van der Waals surface area contributed by atoms with Gasteiger partial charge in [-0.15, -0.1) is 0 Å². The van der Waals surface area contributed by atoms with E-state index in [0.29, 0.717) is 5.56 Å². The first kappa shape index (κ1) is 11.9. The first-order chi connectivity index (χ1) is 9.27. The van der Waals surface area contributed by atoms with Gasteiger partial charge in [0.05, 0.1) is 5.56 Å². The average molecular weight is 257 g/mol. The highest BCUT2D eigenvalue weighted by atomic mass is 16.4. The Labute approximate surface area is 110 Å². The fraction of sp³-hybridized carbons (Fsp3) is 0.286. The number of piperazine rings is 1. The highest BCUT2D eigenvalue weighted by molar-refractivity contribution is 6.08. The van der Waals surface area contributed by atoms with E-state index >= 15 is 0 Å². The van der Waals surface area contributed by atoms with Gasteiger partial charge in [-0.2, -0.15) is 0 Å². The average Bonchev–Trinajstić information content (AvgIpc) is 2.46. The zero-order chi connectivity index (χ0) is 13.2. The Morgan fingerprint density at radius 3 is 2.79 bits per heavy atom. The van der Waals surface area contributed by atoms with E-state index < -0.39 is 5.97 Å². The van der Waals surface area contributed by atoms with Crippen LogP contribution in [0, 0.1) is 0 Å². The predicted octanol–water partition coefficient (Wildman–Crippen LogP) is 1.34. The SMILES string of the molecule is O=C(O)c1cccc2ccnc(N3CCNCC3)c12. The Bertz CT molecular complexity index is 616. The van der Waals surface area contributed by atoms with Crippen LogP contribution in [0.15, 0.2) is 30.5 Å². The third-order valence-corrected chi connectivity index (χ3v) is 3.42. The summed E-state index contributed by atoms with van der Waals surface area (Å²) in [7, 11) is 0. The van der Waals surface area contributed by atoms with E-state index in [1.165, 1.54) is 0 Å². The lowest BCUT2D eigenvalue weighted by atomic mass is 10.1. The van der Waals surface area contributed by atoms with E-state index in [9.17, 15) is 9.90 Å². The van der Waals surface area contributed by atoms with Gasteiger partial charge >= 0.3 is 5.97 Å². The fourth-order valence-corrected chi connectivity index (χ4v) is 2.51. The zero-order valence-corrected chi connectivity index (χ0v) is 10.5. The molecule has 98 valence electrons. The van der Waals surface area contributed by atoms with Crippen LogP contribution in [0.25, 0.3) is 10.8 Å². The van der Waals surface area contributed by atoms with Crippen LogP contribution in [-0.4, -0.2) is 42.2 Å². The van der Waals surface area contributed by atoms with Gasteiger partial charge in [-0.1, -0.05) is 12.1 Å². The number of hydrogen-bond donors (Lipinski definition) is 2. The van der Waals surface area contributed by atoms with Gasteiger partial charge in [0.15, 0.2) is 0 Å². The fourth-order valence-electron chi connectivity index (χ4n) is 2.51. The van der Waals surface area contributed by atoms with Crippen molar-refractivity contribution in [2.24, 2.45) is 0 Å². The number of pyridine rings is 1. The van der Waals surface area contributed by atoms with Crippen molar-refractivity contribution >= 4 is 22.6 Å². The first-order valence-corrected chi connectivity index (χ1v) is 6.34. The summed E-state index contributed by atoms with van der Waals surface area (Å²) in [6.45, 7) is 3.49. The Morgan fingerprint density at radius 2 is 2.05 bits per heavy atom. The Morgan fingerprint density at radius 1 is 1.26 bits per heavy atom. The number of aromatic nitrogens is 1. The molecule has 3 rings (SSSR count). The molecular formula is C14H15N3O2. The molecular weight excluding hydrogens is 242 g/mol. The molecule has 5 nitrogen and oxygen atoms in total. The number of carboxylic acid groups (broad SMARTS) is 1. The number of benzene rings is 1. The van der Waals surface area contributed by atoms with Crippen LogP contribution in [-0.2, 0) is 0 Å². The van der Waals surface area contributed by atoms with Crippen LogP contribution in [0.1, 0.15) is 10.4 Å². The van der Waals surface area contributed by atoms with Gasteiger partial charge in [0.2, 0.25) is 0 Å². The molecule has 1 fully saturated rings. The van der Waals surface area contributed by atoms with Crippen LogP contribution in [0.4, 0.5) is 5.82 Å². The molecule has 0 amide bonds. The molecule has 2 aromatic rings. The van der Waals surface area contributed by atoms with E-state index in [-0.39, 0.29) is 0 Å². The lowest BCUT2D eigenvalue weighted by molar-refractivity contribution is 0.0699. The molecule has 0 radical (unpaired) electrons. The smallest absolute Gasteiger partial charge is 0.336 e. The van der Waals surface area contributed by atoms with Gasteiger partial charge in [-0.25, -0.2) is 9.78 Å². The molecule has 0 bridgehead atoms. The second-order valence-corrected chi connectivity index (χ2v) is 4.58. The number of aromatic carboxylic acids is 1. The predicted molar refractivity (Wildman–Crippen MR) is 73.8 cm³/mol. The summed E-state index contributed by atoms with van der Waals surface area (Å²) in [4.78, 5) is 17.9. The molecule has 2 heterocycles. The van der Waals surface area contributed by atoms with E-state index in [1.807, 2.05) is 12.1 Å². The minimum atomic E-state index is -0.907. The maximum Gasteiger partial charge on any atom is 0.336 e. The topological polar surface area (TPSA) is 65.5 Å². The van der Waals surface area contributed by atoms with Crippen LogP contribution in [0.5, 0.6) is 0 Å². The van der Waals surface area contributed by atoms with Crippen molar-refractivity contribution in [2.45, 2.75) is 0 Å². The lowest BCUT2D eigenvalue weighted by Crippen LogP contribution is -2.44. The number of carbonyl (C=O) groups is 1. The summed E-state index contributed by atoms with van der Waals surface area (Å²) < 4.78 is 0. The number of nitrogens with one attached hydrogen (secondary N) is 1. The molecule has 5 heteroatoms. The quantitative estimate of drug-likeness (QED) is 0.850. The highest BCUT2D eigenvalue weighted by Gasteiger charge is 2.18. The number of rotatable bonds is 2. The number of hydrogen-bond acceptors (Lipinski definition) is 4. The lowest BCUT2D eigenvalue weighted by Gasteiger charge is -2.29. The molecule has 1 saturated heterocycles. The van der Waals surface area contributed by atoms with Crippen molar-refractivity contribution in [3.8, 4) is 0 Å². The summed E-state index contributed by atoms with van der Waals surface area (Å²) in [6, 6.07) is 7.19. The van der Waals surface area contributed by atoms with Crippen molar-refractivity contribution < 1.29 is 9.90 Å². The maximum atomic E-state index is 11.4. The maximum absolute atomic E-state index is 11.4. The van der Waals surface area contributed by atoms with Gasteiger partial charge in [-0.05, 0) is 17.5 Å². The van der Waals surface area contributed by atoms with Gasteiger partial charge in [0.25, 0.3) is 0 Å². The minimum Gasteiger partial charge on any atom is -0.478 e. The second-order valence-electron chi connectivity index (χ2n) is 4.58. The van der Waals surface area contributed by atoms with Gasteiger partial charge in [0.1, 0.15) is 5.82 Å². The van der Waals surface area contributed by atoms with E-state index in [2.05, 4.69) is 15.2 Å². The van der Waals surface area contributed by atoms with Crippen molar-refractivity contribution in [2.75, 3.05) is 31.1 Å². The summed E-state index contributed by atoms with van der Waals surface area (Å²) in [5, 5.41) is 14.3. The minimum absolute atomic E-state index is 0.319. The Balaban J connectivity index is 2.20. The van der Waals surface area contributed by atoms with Gasteiger partial charge in [-0.3, -0.25) is 0 Å². The largest absolute Gasteiger partial charge is 0.478 e. The molecule has 0 saturated carbocycles. The normalized spacial score (nSPS) is 15.7. The molecule has 1 aliphatic rings. The van der Waals surface area contributed by atoms with Crippen molar-refractivity contribution in [1.29, 1.82) is 0 Å². The van der Waals surface area contributed by atoms with Crippen molar-refractivity contribution in [3.63, 3.8) is 0 Å². The highest BCUT2D eigenvalue weighted by Crippen LogP contribution is 2.28. The summed E-state index contributed by atoms with van der Waals surface area (Å²) in [6.07, 6.45) is 1.74. The molecule has 19 heavy (non-hydrogen) atoms. The van der Waals surface area contributed by atoms with Crippen molar-refractivity contribution in [3.05, 3.63) is 36.0 Å². The monoisotopic (exact) mass is 257 g/mol. The Hall–Kier alpha value is -2.14. The molecule has 0 spiro atoms. The second kappa shape index (κ2) is 4.85. The molecule has 0 unspecified atom stereocenters. The van der Waals surface area contributed by atoms with Gasteiger partial charge in [0, 0.05) is 37.8 Å². The van der Waals surface area contributed by atoms with Crippen LogP contribution >= 0.6 is 0 Å². The van der Waals surface area contributed by atoms with Crippen LogP contribution < -0.4 is 10.2 Å². The molecule has 0 atom stereocenters. The van der Waals surface area contributed by atoms with Crippen LogP contribution in [0.2, 0.25) is 0 Å². The molecule has 1 aliphatic heterocycles. The summed E-state index contributed by atoms with van der Waals surface area (Å²) in [5.41, 5.74) is 0.319. The van der Waals surface area contributed by atoms with E-state index in [1.54, 1.807) is 18.3 Å². The first-order valence-electron chi connectivity index (χ1n) is 6.34. The number of nitrogens with zero attached hydrogens (tertiary/aromatic N) is 2. The third-order valence-electron chi connectivity index (χ3n) is 3.42. The number of carboxylic acids is 1. The van der Waals surface area contributed by atoms with Crippen molar-refractivity contribution in [1.82, 2.24) is 10.3 Å². The standard InChI is InChI=1S/C14H15N3O2/c18-14(19)11-3-1-2-10-4-5-16-13(12(10)11)17-8-6-15-7-9-17/h1-5,15H,6-9H2,(H,18,19). The molecule has 1 aromatic carbocycles. The zero-order valence-electron chi connectivity index (χ0n) is 10.5. The van der Waals surface area contributed by atoms with E-state index in [0.717, 1.165) is 42.8 Å². The van der Waals surface area contributed by atoms with Crippen LogP contribution in [0.3, 0.4) is 0 Å². The van der Waals surface area contributed by atoms with Gasteiger partial charge < -0.3 is 15.3 Å². The number of anilines is 1. The van der Waals surface area contributed by atoms with E-state index in [4.69, 9.17) is 0 Å².